The van der Waals surface area contributed by atoms with Crippen molar-refractivity contribution in [3.8, 4) is 56.0 Å². The molecule has 0 amide bonds. The van der Waals surface area contributed by atoms with Crippen LogP contribution in [0.25, 0.3) is 77.7 Å². The summed E-state index contributed by atoms with van der Waals surface area (Å²) in [5.41, 5.74) is 16.2. The van der Waals surface area contributed by atoms with E-state index in [1.54, 1.807) is 0 Å². The van der Waals surface area contributed by atoms with E-state index in [-0.39, 0.29) is 0 Å². The normalized spacial score (nSPS) is 15.1. The highest BCUT2D eigenvalue weighted by atomic mass is 14.9. The highest BCUT2D eigenvalue weighted by Crippen LogP contribution is 2.65. The Balaban J connectivity index is 1.21. The Hall–Kier alpha value is -6.64. The van der Waals surface area contributed by atoms with E-state index in [1.165, 1.54) is 66.4 Å². The molecular weight excluding hydrogens is 617 g/mol. The van der Waals surface area contributed by atoms with Crippen LogP contribution in [0.1, 0.15) is 22.3 Å². The molecule has 1 heterocycles. The highest BCUT2D eigenvalue weighted by Gasteiger charge is 2.53. The number of benzene rings is 8. The number of hydrogen-bond donors (Lipinski definition) is 0. The Labute approximate surface area is 296 Å². The van der Waals surface area contributed by atoms with Gasteiger partial charge < -0.3 is 0 Å². The van der Waals surface area contributed by atoms with E-state index in [1.807, 2.05) is 0 Å². The average Bonchev–Trinajstić information content (AvgIpc) is 3.68. The second-order valence-corrected chi connectivity index (χ2v) is 13.6. The van der Waals surface area contributed by atoms with Crippen molar-refractivity contribution in [3.05, 3.63) is 204 Å². The van der Waals surface area contributed by atoms with E-state index in [9.17, 15) is 0 Å². The first-order valence-corrected chi connectivity index (χ1v) is 17.6. The Morgan fingerprint density at radius 2 is 1.00 bits per heavy atom. The van der Waals surface area contributed by atoms with Crippen molar-refractivity contribution in [2.45, 2.75) is 5.41 Å². The third-order valence-corrected chi connectivity index (χ3v) is 11.1. The van der Waals surface area contributed by atoms with Crippen molar-refractivity contribution in [2.24, 2.45) is 0 Å². The molecule has 1 unspecified atom stereocenters. The van der Waals surface area contributed by atoms with Crippen molar-refractivity contribution in [1.29, 1.82) is 0 Å². The molecule has 0 N–H and O–H groups in total. The van der Waals surface area contributed by atoms with Gasteiger partial charge >= 0.3 is 0 Å². The van der Waals surface area contributed by atoms with Gasteiger partial charge in [0.1, 0.15) is 0 Å². The molecule has 2 aliphatic rings. The van der Waals surface area contributed by atoms with Crippen LogP contribution in [0.3, 0.4) is 0 Å². The van der Waals surface area contributed by atoms with Gasteiger partial charge in [-0.1, -0.05) is 170 Å². The van der Waals surface area contributed by atoms with Crippen LogP contribution in [-0.2, 0) is 5.41 Å². The minimum absolute atomic E-state index is 0.474. The third kappa shape index (κ3) is 3.87. The lowest BCUT2D eigenvalue weighted by Gasteiger charge is -2.31. The van der Waals surface area contributed by atoms with Gasteiger partial charge in [-0.05, 0) is 78.5 Å². The van der Waals surface area contributed by atoms with Gasteiger partial charge in [0.2, 0.25) is 0 Å². The van der Waals surface area contributed by atoms with Crippen LogP contribution in [0.4, 0.5) is 0 Å². The molecule has 0 aliphatic heterocycles. The predicted molar refractivity (Wildman–Crippen MR) is 210 cm³/mol. The molecule has 2 aliphatic carbocycles. The number of rotatable bonds is 3. The van der Waals surface area contributed by atoms with Crippen LogP contribution in [-0.4, -0.2) is 9.97 Å². The first kappa shape index (κ1) is 28.2. The number of hydrogen-bond acceptors (Lipinski definition) is 2. The minimum Gasteiger partial charge on any atom is -0.228 e. The molecule has 1 spiro atoms. The lowest BCUT2D eigenvalue weighted by Crippen LogP contribution is -2.26. The second-order valence-electron chi connectivity index (χ2n) is 13.6. The third-order valence-electron chi connectivity index (χ3n) is 11.1. The Morgan fingerprint density at radius 3 is 1.88 bits per heavy atom. The predicted octanol–water partition coefficient (Wildman–Crippen LogP) is 12.1. The van der Waals surface area contributed by atoms with Gasteiger partial charge in [0, 0.05) is 16.5 Å². The molecule has 11 rings (SSSR count). The van der Waals surface area contributed by atoms with Crippen LogP contribution < -0.4 is 0 Å². The van der Waals surface area contributed by atoms with Gasteiger partial charge in [0.05, 0.1) is 16.6 Å². The Kier molecular flexibility index (Phi) is 5.91. The topological polar surface area (TPSA) is 25.8 Å². The molecule has 9 aromatic rings. The summed E-state index contributed by atoms with van der Waals surface area (Å²) in [6, 6.07) is 65.9. The molecule has 0 saturated carbocycles. The molecule has 0 bridgehead atoms. The molecule has 8 aromatic carbocycles. The standard InChI is InChI=1S/C49H30N2/c1-2-14-31(15-3-1)33-17-12-18-34(30-33)47-39-22-8-11-27-44(39)50-48(51-47)40-23-13-26-43-45(40)38-21-7-10-25-42(38)49(43)41-24-9-6-20-36(41)37-29-28-32-16-4-5-19-35(32)46(37)49/h1-30H. The highest BCUT2D eigenvalue weighted by molar-refractivity contribution is 6.06. The number of para-hydroxylation sites is 1. The zero-order chi connectivity index (χ0) is 33.5. The van der Waals surface area contributed by atoms with Crippen LogP contribution in [0.2, 0.25) is 0 Å². The number of aromatic nitrogens is 2. The monoisotopic (exact) mass is 646 g/mol. The summed E-state index contributed by atoms with van der Waals surface area (Å²) in [6.45, 7) is 0. The van der Waals surface area contributed by atoms with Crippen LogP contribution >= 0.6 is 0 Å². The molecule has 0 saturated heterocycles. The summed E-state index contributed by atoms with van der Waals surface area (Å²) < 4.78 is 0. The second kappa shape index (κ2) is 10.7. The number of nitrogens with zero attached hydrogens (tertiary/aromatic N) is 2. The van der Waals surface area contributed by atoms with Gasteiger partial charge in [-0.25, -0.2) is 9.97 Å². The number of fused-ring (bicyclic) bond motifs is 13. The molecule has 1 atom stereocenters. The van der Waals surface area contributed by atoms with E-state index in [4.69, 9.17) is 9.97 Å². The maximum absolute atomic E-state index is 5.47. The van der Waals surface area contributed by atoms with E-state index in [0.717, 1.165) is 33.5 Å². The quantitative estimate of drug-likeness (QED) is 0.191. The molecular formula is C49H30N2. The average molecular weight is 647 g/mol. The van der Waals surface area contributed by atoms with Crippen molar-refractivity contribution in [3.63, 3.8) is 0 Å². The van der Waals surface area contributed by atoms with E-state index >= 15 is 0 Å². The molecule has 1 aromatic heterocycles. The summed E-state index contributed by atoms with van der Waals surface area (Å²) >= 11 is 0. The first-order valence-electron chi connectivity index (χ1n) is 17.6. The van der Waals surface area contributed by atoms with Crippen molar-refractivity contribution in [2.75, 3.05) is 0 Å². The van der Waals surface area contributed by atoms with Crippen LogP contribution in [0.15, 0.2) is 182 Å². The maximum atomic E-state index is 5.47. The van der Waals surface area contributed by atoms with Gasteiger partial charge in [-0.3, -0.25) is 0 Å². The van der Waals surface area contributed by atoms with Crippen LogP contribution in [0, 0.1) is 0 Å². The Bertz CT molecular complexity index is 2870. The van der Waals surface area contributed by atoms with Crippen LogP contribution in [0.5, 0.6) is 0 Å². The smallest absolute Gasteiger partial charge is 0.161 e. The largest absolute Gasteiger partial charge is 0.228 e. The van der Waals surface area contributed by atoms with E-state index in [2.05, 4.69) is 182 Å². The summed E-state index contributed by atoms with van der Waals surface area (Å²) in [5, 5.41) is 3.59. The fraction of sp³-hybridized carbons (Fsp3) is 0.0204. The van der Waals surface area contributed by atoms with Gasteiger partial charge in [-0.2, -0.15) is 0 Å². The molecule has 2 heteroatoms. The molecule has 236 valence electrons. The SMILES string of the molecule is c1ccc(-c2cccc(-c3nc(-c4cccc5c4-c4ccccc4C54c5ccccc5-c5ccc6ccccc6c54)nc4ccccc34)c2)cc1. The van der Waals surface area contributed by atoms with Gasteiger partial charge in [0.15, 0.2) is 5.82 Å². The van der Waals surface area contributed by atoms with Crippen molar-refractivity contribution < 1.29 is 0 Å². The lowest BCUT2D eigenvalue weighted by molar-refractivity contribution is 0.801. The van der Waals surface area contributed by atoms with Crippen molar-refractivity contribution >= 4 is 21.7 Å². The fourth-order valence-electron chi connectivity index (χ4n) is 9.05. The zero-order valence-electron chi connectivity index (χ0n) is 27.7. The maximum Gasteiger partial charge on any atom is 0.161 e. The molecule has 0 fully saturated rings. The summed E-state index contributed by atoms with van der Waals surface area (Å²) in [7, 11) is 0. The molecule has 0 radical (unpaired) electrons. The summed E-state index contributed by atoms with van der Waals surface area (Å²) in [6.07, 6.45) is 0. The minimum atomic E-state index is -0.474. The molecule has 2 nitrogen and oxygen atoms in total. The van der Waals surface area contributed by atoms with Gasteiger partial charge in [-0.15, -0.1) is 0 Å². The lowest BCUT2D eigenvalue weighted by atomic mass is 9.69. The van der Waals surface area contributed by atoms with Crippen molar-refractivity contribution in [1.82, 2.24) is 9.97 Å². The van der Waals surface area contributed by atoms with E-state index in [0.29, 0.717) is 0 Å². The van der Waals surface area contributed by atoms with Gasteiger partial charge in [0.25, 0.3) is 0 Å². The van der Waals surface area contributed by atoms with E-state index < -0.39 is 5.41 Å². The first-order chi connectivity index (χ1) is 25.3. The zero-order valence-corrected chi connectivity index (χ0v) is 27.7. The molecule has 51 heavy (non-hydrogen) atoms. The fourth-order valence-corrected chi connectivity index (χ4v) is 9.05. The summed E-state index contributed by atoms with van der Waals surface area (Å²) in [4.78, 5) is 10.8. The Morgan fingerprint density at radius 1 is 0.373 bits per heavy atom. The summed E-state index contributed by atoms with van der Waals surface area (Å²) in [5.74, 6) is 0.738.